The van der Waals surface area contributed by atoms with Gasteiger partial charge in [0, 0.05) is 24.4 Å². The number of hydrogen-bond donors (Lipinski definition) is 1. The van der Waals surface area contributed by atoms with Crippen molar-refractivity contribution in [1.29, 1.82) is 5.26 Å². The lowest BCUT2D eigenvalue weighted by Gasteiger charge is -2.11. The van der Waals surface area contributed by atoms with Crippen molar-refractivity contribution in [3.63, 3.8) is 0 Å². The van der Waals surface area contributed by atoms with Gasteiger partial charge in [-0.25, -0.2) is 0 Å². The number of carbonyl (C=O) groups excluding carboxylic acids is 1. The van der Waals surface area contributed by atoms with Crippen molar-refractivity contribution in [3.05, 3.63) is 22.4 Å². The first-order chi connectivity index (χ1) is 8.13. The van der Waals surface area contributed by atoms with Crippen LogP contribution in [0.4, 0.5) is 0 Å². The Kier molecular flexibility index (Phi) is 5.67. The lowest BCUT2D eigenvalue weighted by molar-refractivity contribution is -0.121. The Morgan fingerprint density at radius 2 is 2.41 bits per heavy atom. The van der Waals surface area contributed by atoms with E-state index in [1.165, 1.54) is 11.3 Å². The number of amides is 1. The molecule has 0 bridgehead atoms. The number of rotatable bonds is 6. The smallest absolute Gasteiger partial charge is 0.221 e. The number of hydrogen-bond acceptors (Lipinski definition) is 4. The molecule has 1 amide bonds. The molecule has 17 heavy (non-hydrogen) atoms. The van der Waals surface area contributed by atoms with Crippen molar-refractivity contribution >= 4 is 17.2 Å². The van der Waals surface area contributed by atoms with Crippen LogP contribution in [0, 0.1) is 11.3 Å². The molecule has 1 aromatic heterocycles. The zero-order chi connectivity index (χ0) is 12.7. The third kappa shape index (κ3) is 4.98. The Balaban J connectivity index is 2.37. The van der Waals surface area contributed by atoms with Gasteiger partial charge in [0.15, 0.2) is 0 Å². The third-order valence-corrected chi connectivity index (χ3v) is 3.30. The van der Waals surface area contributed by atoms with Crippen LogP contribution in [0.1, 0.15) is 17.2 Å². The van der Waals surface area contributed by atoms with Crippen molar-refractivity contribution in [2.75, 3.05) is 27.2 Å². The summed E-state index contributed by atoms with van der Waals surface area (Å²) >= 11 is 1.52. The van der Waals surface area contributed by atoms with Gasteiger partial charge < -0.3 is 10.2 Å². The van der Waals surface area contributed by atoms with Crippen LogP contribution in [0.15, 0.2) is 17.5 Å². The van der Waals surface area contributed by atoms with E-state index in [1.54, 1.807) is 0 Å². The second-order valence-corrected chi connectivity index (χ2v) is 5.03. The zero-order valence-corrected chi connectivity index (χ0v) is 11.0. The van der Waals surface area contributed by atoms with Crippen molar-refractivity contribution < 1.29 is 4.79 Å². The molecule has 1 N–H and O–H groups in total. The summed E-state index contributed by atoms with van der Waals surface area (Å²) in [5.41, 5.74) is 0. The van der Waals surface area contributed by atoms with Gasteiger partial charge in [-0.3, -0.25) is 4.79 Å². The van der Waals surface area contributed by atoms with E-state index in [9.17, 15) is 4.79 Å². The largest absolute Gasteiger partial charge is 0.355 e. The molecule has 1 rings (SSSR count). The van der Waals surface area contributed by atoms with E-state index in [2.05, 4.69) is 11.4 Å². The number of likely N-dealkylation sites (N-methyl/N-ethyl adjacent to an activating group) is 1. The zero-order valence-electron chi connectivity index (χ0n) is 10.1. The predicted molar refractivity (Wildman–Crippen MR) is 68.9 cm³/mol. The molecule has 1 heterocycles. The van der Waals surface area contributed by atoms with E-state index < -0.39 is 0 Å². The predicted octanol–water partition coefficient (Wildman–Crippen LogP) is 1.42. The van der Waals surface area contributed by atoms with Gasteiger partial charge >= 0.3 is 0 Å². The Hall–Kier alpha value is -1.38. The molecular formula is C12H17N3OS. The van der Waals surface area contributed by atoms with Crippen LogP contribution in [0.25, 0.3) is 0 Å². The molecule has 0 aliphatic rings. The number of nitrogens with zero attached hydrogens (tertiary/aromatic N) is 2. The van der Waals surface area contributed by atoms with Crippen LogP contribution in [0.3, 0.4) is 0 Å². The van der Waals surface area contributed by atoms with Crippen LogP contribution < -0.4 is 5.32 Å². The standard InChI is InChI=1S/C12H17N3OS/c1-15(2)6-5-14-12(16)8-10(9-13)11-4-3-7-17-11/h3-4,7,10H,5-6,8H2,1-2H3,(H,14,16). The van der Waals surface area contributed by atoms with Gasteiger partial charge in [-0.05, 0) is 25.5 Å². The molecular weight excluding hydrogens is 234 g/mol. The summed E-state index contributed by atoms with van der Waals surface area (Å²) in [7, 11) is 3.91. The van der Waals surface area contributed by atoms with Crippen LogP contribution in [-0.2, 0) is 4.79 Å². The number of nitrogens with one attached hydrogen (secondary N) is 1. The molecule has 0 fully saturated rings. The molecule has 92 valence electrons. The van der Waals surface area contributed by atoms with E-state index in [-0.39, 0.29) is 18.2 Å². The summed E-state index contributed by atoms with van der Waals surface area (Å²) in [5.74, 6) is -0.388. The number of carbonyl (C=O) groups is 1. The third-order valence-electron chi connectivity index (χ3n) is 2.31. The van der Waals surface area contributed by atoms with E-state index in [0.29, 0.717) is 6.54 Å². The minimum absolute atomic E-state index is 0.0631. The van der Waals surface area contributed by atoms with Gasteiger partial charge in [0.2, 0.25) is 5.91 Å². The lowest BCUT2D eigenvalue weighted by atomic mass is 10.1. The van der Waals surface area contributed by atoms with Gasteiger partial charge in [0.25, 0.3) is 0 Å². The monoisotopic (exact) mass is 251 g/mol. The maximum absolute atomic E-state index is 11.6. The van der Waals surface area contributed by atoms with Crippen LogP contribution in [-0.4, -0.2) is 38.0 Å². The molecule has 0 saturated heterocycles. The molecule has 0 aliphatic carbocycles. The summed E-state index contributed by atoms with van der Waals surface area (Å²) in [6.45, 7) is 1.43. The highest BCUT2D eigenvalue weighted by Crippen LogP contribution is 2.23. The fourth-order valence-electron chi connectivity index (χ4n) is 1.38. The van der Waals surface area contributed by atoms with Crippen LogP contribution in [0.5, 0.6) is 0 Å². The Morgan fingerprint density at radius 3 is 2.94 bits per heavy atom. The van der Waals surface area contributed by atoms with Gasteiger partial charge in [-0.1, -0.05) is 6.07 Å². The normalized spacial score (nSPS) is 12.1. The first-order valence-electron chi connectivity index (χ1n) is 5.48. The first kappa shape index (κ1) is 13.7. The topological polar surface area (TPSA) is 56.1 Å². The lowest BCUT2D eigenvalue weighted by Crippen LogP contribution is -2.31. The summed E-state index contributed by atoms with van der Waals surface area (Å²) in [4.78, 5) is 14.6. The summed E-state index contributed by atoms with van der Waals surface area (Å²) < 4.78 is 0. The average Bonchev–Trinajstić information content (AvgIpc) is 2.78. The van der Waals surface area contributed by atoms with E-state index in [4.69, 9.17) is 5.26 Å². The molecule has 0 radical (unpaired) electrons. The molecule has 4 nitrogen and oxygen atoms in total. The highest BCUT2D eigenvalue weighted by Gasteiger charge is 2.15. The highest BCUT2D eigenvalue weighted by atomic mass is 32.1. The van der Waals surface area contributed by atoms with Gasteiger partial charge in [0.1, 0.15) is 0 Å². The molecule has 0 saturated carbocycles. The molecule has 5 heteroatoms. The molecule has 1 atom stereocenters. The number of nitriles is 1. The summed E-state index contributed by atoms with van der Waals surface area (Å²) in [5, 5.41) is 13.8. The van der Waals surface area contributed by atoms with E-state index in [1.807, 2.05) is 36.5 Å². The van der Waals surface area contributed by atoms with Gasteiger partial charge in [-0.15, -0.1) is 11.3 Å². The highest BCUT2D eigenvalue weighted by molar-refractivity contribution is 7.10. The van der Waals surface area contributed by atoms with E-state index in [0.717, 1.165) is 11.4 Å². The van der Waals surface area contributed by atoms with Crippen molar-refractivity contribution in [1.82, 2.24) is 10.2 Å². The molecule has 0 spiro atoms. The number of thiophene rings is 1. The first-order valence-corrected chi connectivity index (χ1v) is 6.36. The van der Waals surface area contributed by atoms with E-state index >= 15 is 0 Å². The van der Waals surface area contributed by atoms with Crippen LogP contribution >= 0.6 is 11.3 Å². The van der Waals surface area contributed by atoms with Gasteiger partial charge in [0.05, 0.1) is 12.0 Å². The molecule has 0 aliphatic heterocycles. The van der Waals surface area contributed by atoms with Crippen LogP contribution in [0.2, 0.25) is 0 Å². The fraction of sp³-hybridized carbons (Fsp3) is 0.500. The van der Waals surface area contributed by atoms with Crippen molar-refractivity contribution in [3.8, 4) is 6.07 Å². The maximum atomic E-state index is 11.6. The Morgan fingerprint density at radius 1 is 1.65 bits per heavy atom. The quantitative estimate of drug-likeness (QED) is 0.832. The van der Waals surface area contributed by atoms with Crippen molar-refractivity contribution in [2.45, 2.75) is 12.3 Å². The molecule has 0 aromatic carbocycles. The minimum atomic E-state index is -0.325. The molecule has 1 unspecified atom stereocenters. The molecule has 1 aromatic rings. The minimum Gasteiger partial charge on any atom is -0.355 e. The average molecular weight is 251 g/mol. The van der Waals surface area contributed by atoms with Gasteiger partial charge in [-0.2, -0.15) is 5.26 Å². The Labute approximate surface area is 106 Å². The van der Waals surface area contributed by atoms with Crippen molar-refractivity contribution in [2.24, 2.45) is 0 Å². The SMILES string of the molecule is CN(C)CCNC(=O)CC(C#N)c1cccs1. The second-order valence-electron chi connectivity index (χ2n) is 4.05. The fourth-order valence-corrected chi connectivity index (χ4v) is 2.15. The maximum Gasteiger partial charge on any atom is 0.221 e. The second kappa shape index (κ2) is 7.05. The summed E-state index contributed by atoms with van der Waals surface area (Å²) in [6.07, 6.45) is 0.241. The Bertz CT molecular complexity index is 381. The summed E-state index contributed by atoms with van der Waals surface area (Å²) in [6, 6.07) is 5.97.